The van der Waals surface area contributed by atoms with Crippen molar-refractivity contribution in [2.24, 2.45) is 11.1 Å². The number of benzene rings is 1. The number of hydrogen-bond acceptors (Lipinski definition) is 1. The minimum Gasteiger partial charge on any atom is -0.369 e. The van der Waals surface area contributed by atoms with Gasteiger partial charge in [0.1, 0.15) is 0 Å². The van der Waals surface area contributed by atoms with Crippen molar-refractivity contribution in [3.63, 3.8) is 0 Å². The second-order valence-corrected chi connectivity index (χ2v) is 5.29. The van der Waals surface area contributed by atoms with Crippen LogP contribution in [-0.4, -0.2) is 5.91 Å². The maximum atomic E-state index is 12.9. The van der Waals surface area contributed by atoms with Crippen molar-refractivity contribution in [3.8, 4) is 0 Å². The predicted octanol–water partition coefficient (Wildman–Crippen LogP) is 3.32. The van der Waals surface area contributed by atoms with Gasteiger partial charge in [-0.25, -0.2) is 0 Å². The van der Waals surface area contributed by atoms with E-state index in [1.807, 2.05) is 0 Å². The normalized spacial score (nSPS) is 14.3. The van der Waals surface area contributed by atoms with E-state index in [0.717, 1.165) is 6.07 Å². The van der Waals surface area contributed by atoms with Crippen molar-refractivity contribution in [2.45, 2.75) is 32.9 Å². The van der Waals surface area contributed by atoms with Crippen LogP contribution >= 0.6 is 0 Å². The second-order valence-electron chi connectivity index (χ2n) is 5.29. The summed E-state index contributed by atoms with van der Waals surface area (Å²) in [6.45, 7) is 5.07. The van der Waals surface area contributed by atoms with E-state index in [1.54, 1.807) is 20.8 Å². The van der Waals surface area contributed by atoms with Gasteiger partial charge in [-0.1, -0.05) is 39.0 Å². The molecule has 1 unspecified atom stereocenters. The molecule has 18 heavy (non-hydrogen) atoms. The number of carbonyl (C=O) groups excluding carboxylic acids is 1. The molecular weight excluding hydrogens is 243 g/mol. The van der Waals surface area contributed by atoms with Gasteiger partial charge in [0.05, 0.1) is 11.5 Å². The minimum atomic E-state index is -4.49. The van der Waals surface area contributed by atoms with Gasteiger partial charge in [-0.05, 0) is 17.0 Å². The average molecular weight is 259 g/mol. The summed E-state index contributed by atoms with van der Waals surface area (Å²) in [4.78, 5) is 11.5. The smallest absolute Gasteiger partial charge is 0.369 e. The van der Waals surface area contributed by atoms with Gasteiger partial charge >= 0.3 is 6.18 Å². The highest BCUT2D eigenvalue weighted by molar-refractivity contribution is 5.83. The summed E-state index contributed by atoms with van der Waals surface area (Å²) >= 11 is 0. The molecule has 0 saturated heterocycles. The first-order chi connectivity index (χ1) is 8.05. The Morgan fingerprint density at radius 1 is 1.17 bits per heavy atom. The van der Waals surface area contributed by atoms with E-state index < -0.39 is 29.0 Å². The van der Waals surface area contributed by atoms with E-state index in [4.69, 9.17) is 5.73 Å². The lowest BCUT2D eigenvalue weighted by atomic mass is 9.74. The van der Waals surface area contributed by atoms with Crippen LogP contribution < -0.4 is 5.73 Å². The van der Waals surface area contributed by atoms with Crippen LogP contribution in [0.15, 0.2) is 24.3 Å². The molecule has 1 aromatic carbocycles. The lowest BCUT2D eigenvalue weighted by molar-refractivity contribution is -0.139. The average Bonchev–Trinajstić information content (AvgIpc) is 2.13. The van der Waals surface area contributed by atoms with E-state index in [1.165, 1.54) is 18.2 Å². The van der Waals surface area contributed by atoms with Crippen molar-refractivity contribution >= 4 is 5.91 Å². The minimum absolute atomic E-state index is 0.0648. The summed E-state index contributed by atoms with van der Waals surface area (Å²) in [6.07, 6.45) is -4.49. The van der Waals surface area contributed by atoms with Crippen molar-refractivity contribution in [2.75, 3.05) is 0 Å². The fourth-order valence-electron chi connectivity index (χ4n) is 2.05. The Morgan fingerprint density at radius 2 is 1.67 bits per heavy atom. The molecule has 0 saturated carbocycles. The fourth-order valence-corrected chi connectivity index (χ4v) is 2.05. The molecule has 100 valence electrons. The molecule has 0 aromatic heterocycles. The molecule has 2 nitrogen and oxygen atoms in total. The van der Waals surface area contributed by atoms with Gasteiger partial charge in [0.25, 0.3) is 0 Å². The number of hydrogen-bond donors (Lipinski definition) is 1. The van der Waals surface area contributed by atoms with E-state index in [2.05, 4.69) is 0 Å². The van der Waals surface area contributed by atoms with Crippen molar-refractivity contribution in [3.05, 3.63) is 35.4 Å². The Labute approximate surface area is 104 Å². The van der Waals surface area contributed by atoms with E-state index in [9.17, 15) is 18.0 Å². The Balaban J connectivity index is 3.44. The first kappa shape index (κ1) is 14.5. The van der Waals surface area contributed by atoms with Crippen LogP contribution in [-0.2, 0) is 11.0 Å². The Morgan fingerprint density at radius 3 is 2.06 bits per heavy atom. The lowest BCUT2D eigenvalue weighted by Crippen LogP contribution is -2.33. The third kappa shape index (κ3) is 3.03. The summed E-state index contributed by atoms with van der Waals surface area (Å²) in [5.74, 6) is -1.73. The zero-order valence-electron chi connectivity index (χ0n) is 10.5. The van der Waals surface area contributed by atoms with Crippen molar-refractivity contribution in [1.29, 1.82) is 0 Å². The Kier molecular flexibility index (Phi) is 3.74. The summed E-state index contributed by atoms with van der Waals surface area (Å²) in [5.41, 5.74) is 3.72. The molecular formula is C13H16F3NO. The SMILES string of the molecule is CC(C)(C)C(C(N)=O)c1ccccc1C(F)(F)F. The molecule has 1 amide bonds. The number of primary amides is 1. The zero-order chi connectivity index (χ0) is 14.1. The monoisotopic (exact) mass is 259 g/mol. The van der Waals surface area contributed by atoms with Crippen LogP contribution in [0.3, 0.4) is 0 Å². The molecule has 0 spiro atoms. The summed E-state index contributed by atoms with van der Waals surface area (Å²) in [6, 6.07) is 5.06. The maximum absolute atomic E-state index is 12.9. The van der Waals surface area contributed by atoms with Crippen LogP contribution in [0, 0.1) is 5.41 Å². The highest BCUT2D eigenvalue weighted by Gasteiger charge is 2.40. The van der Waals surface area contributed by atoms with Crippen molar-refractivity contribution < 1.29 is 18.0 Å². The molecule has 2 N–H and O–H groups in total. The first-order valence-corrected chi connectivity index (χ1v) is 5.50. The molecule has 0 fully saturated rings. The molecule has 1 aromatic rings. The maximum Gasteiger partial charge on any atom is 0.416 e. The van der Waals surface area contributed by atoms with Gasteiger partial charge in [0.2, 0.25) is 5.91 Å². The molecule has 1 atom stereocenters. The predicted molar refractivity (Wildman–Crippen MR) is 62.8 cm³/mol. The molecule has 0 aliphatic rings. The van der Waals surface area contributed by atoms with Gasteiger partial charge in [-0.2, -0.15) is 13.2 Å². The number of nitrogens with two attached hydrogens (primary N) is 1. The number of rotatable bonds is 2. The van der Waals surface area contributed by atoms with Crippen LogP contribution in [0.25, 0.3) is 0 Å². The summed E-state index contributed by atoms with van der Waals surface area (Å²) in [5, 5.41) is 0. The lowest BCUT2D eigenvalue weighted by Gasteiger charge is -2.30. The number of amides is 1. The van der Waals surface area contributed by atoms with Gasteiger partial charge in [-0.3, -0.25) is 4.79 Å². The fraction of sp³-hybridized carbons (Fsp3) is 0.462. The van der Waals surface area contributed by atoms with Crippen LogP contribution in [0.2, 0.25) is 0 Å². The van der Waals surface area contributed by atoms with E-state index >= 15 is 0 Å². The standard InChI is InChI=1S/C13H16F3NO/c1-12(2,3)10(11(17)18)8-6-4-5-7-9(8)13(14,15)16/h4-7,10H,1-3H3,(H2,17,18). The summed E-state index contributed by atoms with van der Waals surface area (Å²) < 4.78 is 38.7. The molecule has 0 aliphatic heterocycles. The topological polar surface area (TPSA) is 43.1 Å². The number of halogens is 3. The second kappa shape index (κ2) is 4.63. The van der Waals surface area contributed by atoms with Crippen LogP contribution in [0.5, 0.6) is 0 Å². The van der Waals surface area contributed by atoms with Gasteiger partial charge < -0.3 is 5.73 Å². The van der Waals surface area contributed by atoms with Crippen molar-refractivity contribution in [1.82, 2.24) is 0 Å². The Bertz CT molecular complexity index is 446. The van der Waals surface area contributed by atoms with E-state index in [0.29, 0.717) is 0 Å². The third-order valence-corrected chi connectivity index (χ3v) is 2.73. The van der Waals surface area contributed by atoms with Crippen LogP contribution in [0.4, 0.5) is 13.2 Å². The summed E-state index contributed by atoms with van der Waals surface area (Å²) in [7, 11) is 0. The highest BCUT2D eigenvalue weighted by atomic mass is 19.4. The van der Waals surface area contributed by atoms with E-state index in [-0.39, 0.29) is 5.56 Å². The zero-order valence-corrected chi connectivity index (χ0v) is 10.5. The number of carbonyl (C=O) groups is 1. The molecule has 0 bridgehead atoms. The largest absolute Gasteiger partial charge is 0.416 e. The van der Waals surface area contributed by atoms with Gasteiger partial charge in [0, 0.05) is 0 Å². The van der Waals surface area contributed by atoms with Gasteiger partial charge in [-0.15, -0.1) is 0 Å². The molecule has 0 aliphatic carbocycles. The molecule has 1 rings (SSSR count). The molecule has 0 heterocycles. The quantitative estimate of drug-likeness (QED) is 0.869. The molecule has 0 radical (unpaired) electrons. The Hall–Kier alpha value is -1.52. The first-order valence-electron chi connectivity index (χ1n) is 5.50. The van der Waals surface area contributed by atoms with Crippen LogP contribution in [0.1, 0.15) is 37.8 Å². The molecule has 5 heteroatoms. The third-order valence-electron chi connectivity index (χ3n) is 2.73. The highest BCUT2D eigenvalue weighted by Crippen LogP contribution is 2.41. The van der Waals surface area contributed by atoms with Gasteiger partial charge in [0.15, 0.2) is 0 Å². The number of alkyl halides is 3.